The van der Waals surface area contributed by atoms with Crippen molar-refractivity contribution >= 4 is 11.9 Å². The van der Waals surface area contributed by atoms with E-state index >= 15 is 0 Å². The number of halogens is 2. The minimum absolute atomic E-state index is 0.200. The van der Waals surface area contributed by atoms with Crippen LogP contribution >= 0.6 is 0 Å². The van der Waals surface area contributed by atoms with Crippen LogP contribution in [0.3, 0.4) is 0 Å². The molecule has 1 amide bonds. The Kier molecular flexibility index (Phi) is 5.30. The van der Waals surface area contributed by atoms with E-state index in [1.165, 1.54) is 12.1 Å². The molecule has 0 unspecified atom stereocenters. The van der Waals surface area contributed by atoms with E-state index in [-0.39, 0.29) is 11.7 Å². The van der Waals surface area contributed by atoms with E-state index in [9.17, 15) is 13.6 Å². The molecule has 5 nitrogen and oxygen atoms in total. The monoisotopic (exact) mass is 375 g/mol. The molecule has 2 aromatic rings. The Balaban J connectivity index is 1.70. The first kappa shape index (κ1) is 19.1. The number of carbonyl (C=O) groups excluding carboxylic acids is 1. The van der Waals surface area contributed by atoms with Crippen LogP contribution in [0.15, 0.2) is 36.5 Å². The van der Waals surface area contributed by atoms with Gasteiger partial charge < -0.3 is 14.5 Å². The Bertz CT molecular complexity index is 828. The minimum Gasteiger partial charge on any atom is -0.444 e. The third kappa shape index (κ3) is 4.53. The van der Waals surface area contributed by atoms with E-state index in [0.717, 1.165) is 6.07 Å². The first-order chi connectivity index (χ1) is 12.7. The van der Waals surface area contributed by atoms with Gasteiger partial charge in [-0.25, -0.2) is 18.6 Å². The Morgan fingerprint density at radius 2 is 1.81 bits per heavy atom. The second kappa shape index (κ2) is 7.50. The molecule has 1 aliphatic heterocycles. The fraction of sp³-hybridized carbons (Fsp3) is 0.400. The number of hydrogen-bond donors (Lipinski definition) is 0. The lowest BCUT2D eigenvalue weighted by atomic mass is 10.1. The first-order valence-corrected chi connectivity index (χ1v) is 8.88. The quantitative estimate of drug-likeness (QED) is 0.793. The molecular formula is C20H23F2N3O2. The summed E-state index contributed by atoms with van der Waals surface area (Å²) in [6, 6.07) is 7.50. The van der Waals surface area contributed by atoms with Crippen molar-refractivity contribution in [2.45, 2.75) is 26.4 Å². The third-order valence-corrected chi connectivity index (χ3v) is 4.26. The maximum Gasteiger partial charge on any atom is 0.410 e. The fourth-order valence-corrected chi connectivity index (χ4v) is 2.93. The standard InChI is InChI=1S/C20H23F2N3O2/c1-20(2,3)27-19(26)25-11-9-24(10-12-25)17-13-14(7-8-23-17)15-5-4-6-16(21)18(15)22/h4-8,13H,9-12H2,1-3H3. The van der Waals surface area contributed by atoms with Gasteiger partial charge in [-0.15, -0.1) is 0 Å². The minimum atomic E-state index is -0.878. The average Bonchev–Trinajstić information content (AvgIpc) is 2.63. The van der Waals surface area contributed by atoms with E-state index in [0.29, 0.717) is 37.6 Å². The SMILES string of the molecule is CC(C)(C)OC(=O)N1CCN(c2cc(-c3cccc(F)c3F)ccn2)CC1. The number of ether oxygens (including phenoxy) is 1. The Morgan fingerprint density at radius 1 is 1.11 bits per heavy atom. The van der Waals surface area contributed by atoms with Gasteiger partial charge in [-0.05, 0) is 44.5 Å². The van der Waals surface area contributed by atoms with Gasteiger partial charge in [0.05, 0.1) is 0 Å². The lowest BCUT2D eigenvalue weighted by molar-refractivity contribution is 0.0240. The van der Waals surface area contributed by atoms with Crippen LogP contribution in [0, 0.1) is 11.6 Å². The van der Waals surface area contributed by atoms with E-state index in [4.69, 9.17) is 4.74 Å². The smallest absolute Gasteiger partial charge is 0.410 e. The molecule has 0 bridgehead atoms. The van der Waals surface area contributed by atoms with E-state index in [1.54, 1.807) is 23.2 Å². The number of piperazine rings is 1. The maximum atomic E-state index is 14.1. The first-order valence-electron chi connectivity index (χ1n) is 8.88. The molecule has 1 aliphatic rings. The van der Waals surface area contributed by atoms with Gasteiger partial charge in [-0.1, -0.05) is 12.1 Å². The lowest BCUT2D eigenvalue weighted by Crippen LogP contribution is -2.50. The molecule has 2 heterocycles. The van der Waals surface area contributed by atoms with Crippen molar-refractivity contribution in [3.05, 3.63) is 48.2 Å². The van der Waals surface area contributed by atoms with Crippen LogP contribution in [-0.2, 0) is 4.74 Å². The third-order valence-electron chi connectivity index (χ3n) is 4.26. The van der Waals surface area contributed by atoms with E-state index in [2.05, 4.69) is 4.98 Å². The number of pyridine rings is 1. The normalized spacial score (nSPS) is 15.0. The predicted molar refractivity (Wildman–Crippen MR) is 99.6 cm³/mol. The van der Waals surface area contributed by atoms with Crippen molar-refractivity contribution in [3.8, 4) is 11.1 Å². The molecular weight excluding hydrogens is 352 g/mol. The zero-order valence-electron chi connectivity index (χ0n) is 15.7. The highest BCUT2D eigenvalue weighted by atomic mass is 19.2. The summed E-state index contributed by atoms with van der Waals surface area (Å²) in [6.07, 6.45) is 1.25. The number of benzene rings is 1. The summed E-state index contributed by atoms with van der Waals surface area (Å²) in [5.74, 6) is -1.08. The Morgan fingerprint density at radius 3 is 2.48 bits per heavy atom. The molecule has 1 aromatic carbocycles. The van der Waals surface area contributed by atoms with E-state index < -0.39 is 17.2 Å². The number of aromatic nitrogens is 1. The number of nitrogens with zero attached hydrogens (tertiary/aromatic N) is 3. The molecule has 0 radical (unpaired) electrons. The molecule has 0 atom stereocenters. The molecule has 1 saturated heterocycles. The zero-order valence-corrected chi connectivity index (χ0v) is 15.7. The van der Waals surface area contributed by atoms with E-state index in [1.807, 2.05) is 25.7 Å². The molecule has 1 fully saturated rings. The van der Waals surface area contributed by atoms with Crippen molar-refractivity contribution in [2.75, 3.05) is 31.1 Å². The molecule has 27 heavy (non-hydrogen) atoms. The summed E-state index contributed by atoms with van der Waals surface area (Å²) >= 11 is 0. The summed E-state index contributed by atoms with van der Waals surface area (Å²) in [5, 5.41) is 0. The Hall–Kier alpha value is -2.70. The molecule has 144 valence electrons. The van der Waals surface area contributed by atoms with Gasteiger partial charge in [-0.3, -0.25) is 0 Å². The molecule has 1 aromatic heterocycles. The van der Waals surface area contributed by atoms with Gasteiger partial charge in [0.25, 0.3) is 0 Å². The highest BCUT2D eigenvalue weighted by Gasteiger charge is 2.26. The topological polar surface area (TPSA) is 45.7 Å². The molecule has 0 aliphatic carbocycles. The second-order valence-corrected chi connectivity index (χ2v) is 7.46. The summed E-state index contributed by atoms with van der Waals surface area (Å²) in [7, 11) is 0. The molecule has 0 spiro atoms. The van der Waals surface area contributed by atoms with Gasteiger partial charge in [0.15, 0.2) is 11.6 Å². The lowest BCUT2D eigenvalue weighted by Gasteiger charge is -2.36. The van der Waals surface area contributed by atoms with Gasteiger partial charge in [0.2, 0.25) is 0 Å². The van der Waals surface area contributed by atoms with Gasteiger partial charge >= 0.3 is 6.09 Å². The van der Waals surface area contributed by atoms with Crippen LogP contribution in [0.25, 0.3) is 11.1 Å². The highest BCUT2D eigenvalue weighted by molar-refractivity contribution is 5.69. The van der Waals surface area contributed by atoms with Crippen molar-refractivity contribution < 1.29 is 18.3 Å². The van der Waals surface area contributed by atoms with Gasteiger partial charge in [0.1, 0.15) is 11.4 Å². The largest absolute Gasteiger partial charge is 0.444 e. The van der Waals surface area contributed by atoms with Crippen molar-refractivity contribution in [1.29, 1.82) is 0 Å². The molecule has 0 N–H and O–H groups in total. The van der Waals surface area contributed by atoms with Crippen LogP contribution in [-0.4, -0.2) is 47.8 Å². The maximum absolute atomic E-state index is 14.1. The number of amides is 1. The van der Waals surface area contributed by atoms with Crippen molar-refractivity contribution in [2.24, 2.45) is 0 Å². The predicted octanol–water partition coefficient (Wildman–Crippen LogP) is 4.08. The number of rotatable bonds is 2. The number of anilines is 1. The summed E-state index contributed by atoms with van der Waals surface area (Å²) in [5.41, 5.74) is 0.233. The van der Waals surface area contributed by atoms with Crippen LogP contribution < -0.4 is 4.90 Å². The number of hydrogen-bond acceptors (Lipinski definition) is 4. The van der Waals surface area contributed by atoms with Crippen molar-refractivity contribution in [3.63, 3.8) is 0 Å². The van der Waals surface area contributed by atoms with Crippen LogP contribution in [0.4, 0.5) is 19.4 Å². The summed E-state index contributed by atoms with van der Waals surface area (Å²) in [4.78, 5) is 20.2. The highest BCUT2D eigenvalue weighted by Crippen LogP contribution is 2.27. The molecule has 7 heteroatoms. The van der Waals surface area contributed by atoms with Crippen molar-refractivity contribution in [1.82, 2.24) is 9.88 Å². The molecule has 0 saturated carbocycles. The Labute approximate surface area is 157 Å². The van der Waals surface area contributed by atoms with Crippen LogP contribution in [0.1, 0.15) is 20.8 Å². The van der Waals surface area contributed by atoms with Crippen LogP contribution in [0.2, 0.25) is 0 Å². The summed E-state index contributed by atoms with van der Waals surface area (Å²) < 4.78 is 33.0. The summed E-state index contributed by atoms with van der Waals surface area (Å²) in [6.45, 7) is 7.69. The average molecular weight is 375 g/mol. The molecule has 3 rings (SSSR count). The zero-order chi connectivity index (χ0) is 19.6. The fourth-order valence-electron chi connectivity index (χ4n) is 2.93. The second-order valence-electron chi connectivity index (χ2n) is 7.46. The van der Waals surface area contributed by atoms with Gasteiger partial charge in [0, 0.05) is 37.9 Å². The van der Waals surface area contributed by atoms with Crippen LogP contribution in [0.5, 0.6) is 0 Å². The van der Waals surface area contributed by atoms with Gasteiger partial charge in [-0.2, -0.15) is 0 Å². The number of carbonyl (C=O) groups is 1.